The number of carbonyl (C=O) groups excluding carboxylic acids is 1. The number of phenols is 1. The summed E-state index contributed by atoms with van der Waals surface area (Å²) >= 11 is 0. The lowest BCUT2D eigenvalue weighted by Crippen LogP contribution is -2.16. The third-order valence-corrected chi connectivity index (χ3v) is 2.30. The number of rotatable bonds is 3. The molecule has 2 aromatic rings. The SMILES string of the molecule is Cc1ccc(O)c(/C=N/NC(=O)c2ccco2)c1. The van der Waals surface area contributed by atoms with E-state index in [2.05, 4.69) is 10.5 Å². The van der Waals surface area contributed by atoms with Gasteiger partial charge in [0.25, 0.3) is 0 Å². The highest BCUT2D eigenvalue weighted by atomic mass is 16.3. The van der Waals surface area contributed by atoms with E-state index in [1.165, 1.54) is 18.5 Å². The first-order chi connectivity index (χ1) is 8.66. The van der Waals surface area contributed by atoms with E-state index in [9.17, 15) is 9.90 Å². The van der Waals surface area contributed by atoms with Crippen LogP contribution in [0.25, 0.3) is 0 Å². The van der Waals surface area contributed by atoms with E-state index in [0.29, 0.717) is 5.56 Å². The van der Waals surface area contributed by atoms with Gasteiger partial charge in [-0.15, -0.1) is 0 Å². The Morgan fingerprint density at radius 1 is 1.44 bits per heavy atom. The predicted octanol–water partition coefficient (Wildman–Crippen LogP) is 2.06. The number of furan rings is 1. The third-order valence-electron chi connectivity index (χ3n) is 2.30. The van der Waals surface area contributed by atoms with Crippen LogP contribution in [0.15, 0.2) is 46.1 Å². The standard InChI is InChI=1S/C13H12N2O3/c1-9-4-5-11(16)10(7-9)8-14-15-13(17)12-3-2-6-18-12/h2-8,16H,1H3,(H,15,17)/b14-8+. The lowest BCUT2D eigenvalue weighted by molar-refractivity contribution is 0.0927. The fraction of sp³-hybridized carbons (Fsp3) is 0.0769. The van der Waals surface area contributed by atoms with Gasteiger partial charge in [0.2, 0.25) is 0 Å². The van der Waals surface area contributed by atoms with E-state index < -0.39 is 5.91 Å². The predicted molar refractivity (Wildman–Crippen MR) is 66.6 cm³/mol. The first kappa shape index (κ1) is 11.9. The maximum Gasteiger partial charge on any atom is 0.307 e. The summed E-state index contributed by atoms with van der Waals surface area (Å²) in [5.74, 6) is -0.152. The van der Waals surface area contributed by atoms with Crippen LogP contribution < -0.4 is 5.43 Å². The lowest BCUT2D eigenvalue weighted by atomic mass is 10.1. The molecule has 0 atom stereocenters. The number of nitrogens with zero attached hydrogens (tertiary/aromatic N) is 1. The normalized spacial score (nSPS) is 10.7. The van der Waals surface area contributed by atoms with Gasteiger partial charge in [0, 0.05) is 5.56 Å². The average Bonchev–Trinajstić information content (AvgIpc) is 2.87. The molecule has 0 fully saturated rings. The van der Waals surface area contributed by atoms with E-state index in [-0.39, 0.29) is 11.5 Å². The van der Waals surface area contributed by atoms with Crippen molar-refractivity contribution in [3.05, 3.63) is 53.5 Å². The number of amides is 1. The highest BCUT2D eigenvalue weighted by Gasteiger charge is 2.06. The molecule has 18 heavy (non-hydrogen) atoms. The number of nitrogens with one attached hydrogen (secondary N) is 1. The van der Waals surface area contributed by atoms with Gasteiger partial charge >= 0.3 is 5.91 Å². The molecule has 0 aliphatic carbocycles. The molecule has 5 nitrogen and oxygen atoms in total. The third kappa shape index (κ3) is 2.76. The van der Waals surface area contributed by atoms with Crippen LogP contribution in [0.1, 0.15) is 21.7 Å². The maximum atomic E-state index is 11.5. The fourth-order valence-corrected chi connectivity index (χ4v) is 1.40. The first-order valence-corrected chi connectivity index (χ1v) is 5.33. The molecule has 92 valence electrons. The van der Waals surface area contributed by atoms with Gasteiger partial charge in [0.05, 0.1) is 12.5 Å². The van der Waals surface area contributed by atoms with Crippen molar-refractivity contribution in [1.82, 2.24) is 5.43 Å². The van der Waals surface area contributed by atoms with Crippen LogP contribution in [0.4, 0.5) is 0 Å². The van der Waals surface area contributed by atoms with E-state index in [0.717, 1.165) is 5.56 Å². The van der Waals surface area contributed by atoms with Crippen LogP contribution in [0.3, 0.4) is 0 Å². The number of hydrogen-bond acceptors (Lipinski definition) is 4. The number of hydrogen-bond donors (Lipinski definition) is 2. The van der Waals surface area contributed by atoms with Gasteiger partial charge < -0.3 is 9.52 Å². The molecule has 0 aliphatic rings. The zero-order valence-corrected chi connectivity index (χ0v) is 9.75. The fourth-order valence-electron chi connectivity index (χ4n) is 1.40. The van der Waals surface area contributed by atoms with Gasteiger partial charge in [-0.2, -0.15) is 5.10 Å². The molecule has 0 unspecified atom stereocenters. The van der Waals surface area contributed by atoms with Crippen molar-refractivity contribution < 1.29 is 14.3 Å². The smallest absolute Gasteiger partial charge is 0.307 e. The van der Waals surface area contributed by atoms with Gasteiger partial charge in [0.1, 0.15) is 5.75 Å². The minimum absolute atomic E-state index is 0.108. The Kier molecular flexibility index (Phi) is 3.43. The van der Waals surface area contributed by atoms with Gasteiger partial charge in [0.15, 0.2) is 5.76 Å². The Labute approximate surface area is 104 Å². The Balaban J connectivity index is 2.03. The second-order valence-electron chi connectivity index (χ2n) is 3.74. The molecule has 0 spiro atoms. The molecule has 0 bridgehead atoms. The van der Waals surface area contributed by atoms with Crippen LogP contribution in [-0.2, 0) is 0 Å². The molecule has 1 aromatic heterocycles. The number of aromatic hydroxyl groups is 1. The molecule has 0 aliphatic heterocycles. The highest BCUT2D eigenvalue weighted by molar-refractivity contribution is 5.92. The number of hydrazone groups is 1. The van der Waals surface area contributed by atoms with Crippen molar-refractivity contribution in [2.45, 2.75) is 6.92 Å². The summed E-state index contributed by atoms with van der Waals surface area (Å²) in [6.45, 7) is 1.90. The molecular weight excluding hydrogens is 232 g/mol. The lowest BCUT2D eigenvalue weighted by Gasteiger charge is -2.00. The van der Waals surface area contributed by atoms with Gasteiger partial charge in [-0.05, 0) is 31.2 Å². The molecule has 1 amide bonds. The van der Waals surface area contributed by atoms with E-state index >= 15 is 0 Å². The molecule has 2 rings (SSSR count). The van der Waals surface area contributed by atoms with Gasteiger partial charge in [-0.25, -0.2) is 5.43 Å². The molecule has 0 saturated carbocycles. The summed E-state index contributed by atoms with van der Waals surface area (Å²) in [6, 6.07) is 8.27. The topological polar surface area (TPSA) is 74.8 Å². The Morgan fingerprint density at radius 2 is 2.28 bits per heavy atom. The molecule has 0 saturated heterocycles. The summed E-state index contributed by atoms with van der Waals surface area (Å²) in [4.78, 5) is 11.5. The second kappa shape index (κ2) is 5.18. The number of carbonyl (C=O) groups is 1. The number of phenolic OH excluding ortho intramolecular Hbond substituents is 1. The van der Waals surface area contributed by atoms with E-state index in [4.69, 9.17) is 4.42 Å². The van der Waals surface area contributed by atoms with Crippen molar-refractivity contribution in [1.29, 1.82) is 0 Å². The summed E-state index contributed by atoms with van der Waals surface area (Å²) < 4.78 is 4.91. The van der Waals surface area contributed by atoms with Crippen molar-refractivity contribution >= 4 is 12.1 Å². The summed E-state index contributed by atoms with van der Waals surface area (Å²) in [7, 11) is 0. The van der Waals surface area contributed by atoms with Crippen molar-refractivity contribution in [2.75, 3.05) is 0 Å². The zero-order chi connectivity index (χ0) is 13.0. The molecule has 0 radical (unpaired) electrons. The summed E-state index contributed by atoms with van der Waals surface area (Å²) in [5.41, 5.74) is 3.83. The summed E-state index contributed by atoms with van der Waals surface area (Å²) in [6.07, 6.45) is 2.79. The van der Waals surface area contributed by atoms with Crippen LogP contribution in [0, 0.1) is 6.92 Å². The van der Waals surface area contributed by atoms with E-state index in [1.54, 1.807) is 24.3 Å². The van der Waals surface area contributed by atoms with Crippen LogP contribution >= 0.6 is 0 Å². The van der Waals surface area contributed by atoms with Gasteiger partial charge in [-0.3, -0.25) is 4.79 Å². The molecule has 2 N–H and O–H groups in total. The quantitative estimate of drug-likeness (QED) is 0.641. The zero-order valence-electron chi connectivity index (χ0n) is 9.75. The monoisotopic (exact) mass is 244 g/mol. The van der Waals surface area contributed by atoms with Gasteiger partial charge in [-0.1, -0.05) is 11.6 Å². The van der Waals surface area contributed by atoms with Crippen molar-refractivity contribution in [3.63, 3.8) is 0 Å². The minimum Gasteiger partial charge on any atom is -0.507 e. The minimum atomic E-state index is -0.441. The second-order valence-corrected chi connectivity index (χ2v) is 3.74. The molecule has 1 aromatic carbocycles. The average molecular weight is 244 g/mol. The Morgan fingerprint density at radius 3 is 3.00 bits per heavy atom. The molecule has 1 heterocycles. The Bertz CT molecular complexity index is 574. The van der Waals surface area contributed by atoms with Crippen LogP contribution in [0.2, 0.25) is 0 Å². The Hall–Kier alpha value is -2.56. The first-order valence-electron chi connectivity index (χ1n) is 5.33. The largest absolute Gasteiger partial charge is 0.507 e. The van der Waals surface area contributed by atoms with Crippen LogP contribution in [0.5, 0.6) is 5.75 Å². The summed E-state index contributed by atoms with van der Waals surface area (Å²) in [5, 5.41) is 13.3. The highest BCUT2D eigenvalue weighted by Crippen LogP contribution is 2.15. The molecular formula is C13H12N2O3. The maximum absolute atomic E-state index is 11.5. The number of benzene rings is 1. The molecule has 5 heteroatoms. The van der Waals surface area contributed by atoms with E-state index in [1.807, 2.05) is 6.92 Å². The number of aryl methyl sites for hydroxylation is 1. The van der Waals surface area contributed by atoms with Crippen molar-refractivity contribution in [3.8, 4) is 5.75 Å². The van der Waals surface area contributed by atoms with Crippen molar-refractivity contribution in [2.24, 2.45) is 5.10 Å². The van der Waals surface area contributed by atoms with Crippen LogP contribution in [-0.4, -0.2) is 17.2 Å².